The first kappa shape index (κ1) is 19.3. The number of benzene rings is 1. The Balaban J connectivity index is 0.00000361. The zero-order valence-electron chi connectivity index (χ0n) is 11.9. The second-order valence-electron chi connectivity index (χ2n) is 4.02. The molecule has 0 aromatic heterocycles. The van der Waals surface area contributed by atoms with Gasteiger partial charge in [-0.1, -0.05) is 24.3 Å². The van der Waals surface area contributed by atoms with Crippen molar-refractivity contribution >= 4 is 11.9 Å². The summed E-state index contributed by atoms with van der Waals surface area (Å²) in [6.07, 6.45) is 1.21. The molecule has 0 bridgehead atoms. The molecule has 0 aliphatic rings. The fraction of sp³-hybridized carbons (Fsp3) is 0.286. The Morgan fingerprint density at radius 2 is 1.90 bits per heavy atom. The summed E-state index contributed by atoms with van der Waals surface area (Å²) in [6.45, 7) is 2.17. The van der Waals surface area contributed by atoms with Crippen molar-refractivity contribution in [2.45, 2.75) is 19.9 Å². The molecular formula is C14H16KNO4. The maximum atomic E-state index is 11.0. The molecule has 1 N–H and O–H groups in total. The zero-order valence-corrected chi connectivity index (χ0v) is 15.1. The SMILES string of the molecule is COC(=O)C=C(C)NCc1ccccc1CC(=O)[O-].[K+]. The van der Waals surface area contributed by atoms with E-state index in [1.165, 1.54) is 13.2 Å². The van der Waals surface area contributed by atoms with Crippen LogP contribution in [0.25, 0.3) is 0 Å². The third-order valence-corrected chi connectivity index (χ3v) is 2.55. The van der Waals surface area contributed by atoms with Crippen LogP contribution >= 0.6 is 0 Å². The van der Waals surface area contributed by atoms with Gasteiger partial charge in [0.1, 0.15) is 0 Å². The van der Waals surface area contributed by atoms with Gasteiger partial charge in [0, 0.05) is 30.7 Å². The second-order valence-corrected chi connectivity index (χ2v) is 4.02. The number of aliphatic carboxylic acids is 1. The van der Waals surface area contributed by atoms with Crippen molar-refractivity contribution in [1.29, 1.82) is 0 Å². The zero-order chi connectivity index (χ0) is 14.3. The average Bonchev–Trinajstić information content (AvgIpc) is 2.37. The van der Waals surface area contributed by atoms with E-state index in [0.717, 1.165) is 5.56 Å². The van der Waals surface area contributed by atoms with Crippen molar-refractivity contribution in [1.82, 2.24) is 5.32 Å². The molecule has 0 unspecified atom stereocenters. The summed E-state index contributed by atoms with van der Waals surface area (Å²) in [5, 5.41) is 13.7. The number of carboxylic acids is 1. The van der Waals surface area contributed by atoms with E-state index in [2.05, 4.69) is 10.1 Å². The van der Waals surface area contributed by atoms with Crippen LogP contribution in [0, 0.1) is 0 Å². The largest absolute Gasteiger partial charge is 1.00 e. The number of carboxylic acid groups (broad SMARTS) is 1. The number of allylic oxidation sites excluding steroid dienone is 1. The van der Waals surface area contributed by atoms with Crippen LogP contribution in [-0.4, -0.2) is 19.0 Å². The number of carbonyl (C=O) groups is 2. The number of ether oxygens (including phenoxy) is 1. The summed E-state index contributed by atoms with van der Waals surface area (Å²) >= 11 is 0. The molecule has 0 saturated heterocycles. The van der Waals surface area contributed by atoms with Crippen LogP contribution in [0.5, 0.6) is 0 Å². The predicted octanol–water partition coefficient (Wildman–Crippen LogP) is -2.85. The van der Waals surface area contributed by atoms with E-state index < -0.39 is 11.9 Å². The molecular weight excluding hydrogens is 285 g/mol. The average molecular weight is 301 g/mol. The molecule has 0 fully saturated rings. The molecule has 1 aromatic carbocycles. The summed E-state index contributed by atoms with van der Waals surface area (Å²) < 4.78 is 4.51. The van der Waals surface area contributed by atoms with Crippen LogP contribution in [0.2, 0.25) is 0 Å². The van der Waals surface area contributed by atoms with E-state index in [4.69, 9.17) is 0 Å². The van der Waals surface area contributed by atoms with Crippen LogP contribution in [0.3, 0.4) is 0 Å². The standard InChI is InChI=1S/C14H17NO4.K/c1-10(7-14(18)19-2)15-9-12-6-4-3-5-11(12)8-13(16)17;/h3-7,15H,8-9H2,1-2H3,(H,16,17);/q;+1/p-1. The monoisotopic (exact) mass is 301 g/mol. The van der Waals surface area contributed by atoms with Crippen LogP contribution in [0.1, 0.15) is 18.1 Å². The Kier molecular flexibility index (Phi) is 9.78. The number of nitrogens with one attached hydrogen (secondary N) is 1. The number of carbonyl (C=O) groups excluding carboxylic acids is 2. The summed E-state index contributed by atoms with van der Waals surface area (Å²) in [4.78, 5) is 21.7. The summed E-state index contributed by atoms with van der Waals surface area (Å²) in [5.41, 5.74) is 2.19. The van der Waals surface area contributed by atoms with Gasteiger partial charge in [-0.25, -0.2) is 4.79 Å². The molecule has 0 aliphatic heterocycles. The summed E-state index contributed by atoms with van der Waals surface area (Å²) in [5.74, 6) is -1.55. The van der Waals surface area contributed by atoms with Gasteiger partial charge in [-0.2, -0.15) is 0 Å². The predicted molar refractivity (Wildman–Crippen MR) is 67.8 cm³/mol. The normalized spacial score (nSPS) is 10.4. The Morgan fingerprint density at radius 1 is 1.30 bits per heavy atom. The molecule has 0 spiro atoms. The van der Waals surface area contributed by atoms with Crippen molar-refractivity contribution in [2.24, 2.45) is 0 Å². The van der Waals surface area contributed by atoms with E-state index in [1.807, 2.05) is 12.1 Å². The van der Waals surface area contributed by atoms with Crippen molar-refractivity contribution in [3.8, 4) is 0 Å². The Bertz CT molecular complexity index is 500. The molecule has 0 heterocycles. The smallest absolute Gasteiger partial charge is 0.550 e. The number of hydrogen-bond acceptors (Lipinski definition) is 5. The van der Waals surface area contributed by atoms with E-state index in [9.17, 15) is 14.7 Å². The van der Waals surface area contributed by atoms with Crippen molar-refractivity contribution in [2.75, 3.05) is 7.11 Å². The van der Waals surface area contributed by atoms with Gasteiger partial charge in [0.25, 0.3) is 0 Å². The Hall–Kier alpha value is -0.664. The minimum absolute atomic E-state index is 0. The van der Waals surface area contributed by atoms with Gasteiger partial charge >= 0.3 is 57.4 Å². The number of hydrogen-bond donors (Lipinski definition) is 1. The first-order chi connectivity index (χ1) is 9.02. The quantitative estimate of drug-likeness (QED) is 0.348. The Morgan fingerprint density at radius 3 is 2.45 bits per heavy atom. The number of rotatable bonds is 6. The fourth-order valence-corrected chi connectivity index (χ4v) is 1.58. The van der Waals surface area contributed by atoms with Gasteiger partial charge in [-0.05, 0) is 18.1 Å². The van der Waals surface area contributed by atoms with E-state index in [0.29, 0.717) is 17.8 Å². The third kappa shape index (κ3) is 7.21. The van der Waals surface area contributed by atoms with Crippen molar-refractivity contribution < 1.29 is 70.8 Å². The van der Waals surface area contributed by atoms with Crippen LogP contribution in [0.15, 0.2) is 36.0 Å². The maximum absolute atomic E-state index is 11.0. The first-order valence-corrected chi connectivity index (χ1v) is 5.79. The van der Waals surface area contributed by atoms with Crippen LogP contribution in [0.4, 0.5) is 0 Å². The molecule has 0 aliphatic carbocycles. The molecule has 0 atom stereocenters. The molecule has 1 aromatic rings. The number of esters is 1. The minimum atomic E-state index is -1.12. The van der Waals surface area contributed by atoms with Gasteiger partial charge in [-0.15, -0.1) is 0 Å². The van der Waals surface area contributed by atoms with Gasteiger partial charge in [0.2, 0.25) is 0 Å². The number of methoxy groups -OCH3 is 1. The Labute approximate surface area is 160 Å². The van der Waals surface area contributed by atoms with Gasteiger partial charge < -0.3 is 20.0 Å². The van der Waals surface area contributed by atoms with Crippen LogP contribution in [-0.2, 0) is 27.3 Å². The molecule has 0 radical (unpaired) electrons. The van der Waals surface area contributed by atoms with Gasteiger partial charge in [-0.3, -0.25) is 0 Å². The van der Waals surface area contributed by atoms with Crippen molar-refractivity contribution in [3.63, 3.8) is 0 Å². The van der Waals surface area contributed by atoms with Crippen LogP contribution < -0.4 is 61.8 Å². The summed E-state index contributed by atoms with van der Waals surface area (Å²) in [6, 6.07) is 7.18. The summed E-state index contributed by atoms with van der Waals surface area (Å²) in [7, 11) is 1.31. The van der Waals surface area contributed by atoms with E-state index >= 15 is 0 Å². The fourth-order valence-electron chi connectivity index (χ4n) is 1.58. The topological polar surface area (TPSA) is 78.5 Å². The second kappa shape index (κ2) is 10.1. The van der Waals surface area contributed by atoms with Crippen molar-refractivity contribution in [3.05, 3.63) is 47.2 Å². The van der Waals surface area contributed by atoms with Gasteiger partial charge in [0.05, 0.1) is 7.11 Å². The molecule has 0 amide bonds. The molecule has 102 valence electrons. The maximum Gasteiger partial charge on any atom is 1.00 e. The molecule has 1 rings (SSSR count). The van der Waals surface area contributed by atoms with E-state index in [-0.39, 0.29) is 57.8 Å². The molecule has 5 nitrogen and oxygen atoms in total. The first-order valence-electron chi connectivity index (χ1n) is 5.79. The minimum Gasteiger partial charge on any atom is -0.550 e. The van der Waals surface area contributed by atoms with E-state index in [1.54, 1.807) is 19.1 Å². The third-order valence-electron chi connectivity index (χ3n) is 2.55. The molecule has 20 heavy (non-hydrogen) atoms. The van der Waals surface area contributed by atoms with Gasteiger partial charge in [0.15, 0.2) is 0 Å². The molecule has 0 saturated carbocycles. The molecule has 6 heteroatoms.